The van der Waals surface area contributed by atoms with Gasteiger partial charge >= 0.3 is 0 Å². The summed E-state index contributed by atoms with van der Waals surface area (Å²) in [5.41, 5.74) is 2.96. The van der Waals surface area contributed by atoms with E-state index in [0.29, 0.717) is 17.2 Å². The van der Waals surface area contributed by atoms with Gasteiger partial charge in [0.25, 0.3) is 5.91 Å². The molecule has 1 fully saturated rings. The summed E-state index contributed by atoms with van der Waals surface area (Å²) in [5, 5.41) is 19.0. The molecule has 1 atom stereocenters. The standard InChI is InChI=1S/C22H27NO4/c1-23(12-2-4-20-5-3-13-27-20)22(26)17-8-6-16(7-9-17)18-10-11-21(25)19(14-18)15-24/h6-11,14,20,24-25H,2-5,12-13,15H2,1H3/t20-/m1/s1. The van der Waals surface area contributed by atoms with Crippen LogP contribution in [-0.4, -0.2) is 47.3 Å². The molecule has 1 amide bonds. The van der Waals surface area contributed by atoms with Gasteiger partial charge in [0.05, 0.1) is 12.7 Å². The molecule has 1 aliphatic heterocycles. The van der Waals surface area contributed by atoms with Crippen LogP contribution in [0.3, 0.4) is 0 Å². The van der Waals surface area contributed by atoms with Gasteiger partial charge in [-0.25, -0.2) is 0 Å². The summed E-state index contributed by atoms with van der Waals surface area (Å²) in [4.78, 5) is 14.4. The van der Waals surface area contributed by atoms with Crippen molar-refractivity contribution in [2.75, 3.05) is 20.2 Å². The molecule has 0 bridgehead atoms. The Balaban J connectivity index is 1.59. The molecule has 0 unspecified atom stereocenters. The molecule has 27 heavy (non-hydrogen) atoms. The number of aliphatic hydroxyl groups is 1. The van der Waals surface area contributed by atoms with Crippen LogP contribution in [0.5, 0.6) is 5.75 Å². The number of benzene rings is 2. The van der Waals surface area contributed by atoms with Crippen molar-refractivity contribution in [2.24, 2.45) is 0 Å². The van der Waals surface area contributed by atoms with Gasteiger partial charge in [0.15, 0.2) is 0 Å². The highest BCUT2D eigenvalue weighted by Gasteiger charge is 2.16. The molecule has 5 nitrogen and oxygen atoms in total. The Morgan fingerprint density at radius 3 is 2.59 bits per heavy atom. The highest BCUT2D eigenvalue weighted by molar-refractivity contribution is 5.94. The van der Waals surface area contributed by atoms with E-state index in [1.165, 1.54) is 0 Å². The molecule has 3 rings (SSSR count). The van der Waals surface area contributed by atoms with Crippen molar-refractivity contribution >= 4 is 5.91 Å². The topological polar surface area (TPSA) is 70.0 Å². The lowest BCUT2D eigenvalue weighted by Crippen LogP contribution is -2.28. The van der Waals surface area contributed by atoms with Crippen molar-refractivity contribution in [3.8, 4) is 16.9 Å². The Morgan fingerprint density at radius 1 is 1.19 bits per heavy atom. The predicted octanol–water partition coefficient (Wildman–Crippen LogP) is 3.58. The molecule has 2 aromatic rings. The molecule has 144 valence electrons. The summed E-state index contributed by atoms with van der Waals surface area (Å²) in [6.07, 6.45) is 4.59. The van der Waals surface area contributed by atoms with Crippen molar-refractivity contribution in [2.45, 2.75) is 38.4 Å². The maximum absolute atomic E-state index is 12.6. The average molecular weight is 369 g/mol. The fraction of sp³-hybridized carbons (Fsp3) is 0.409. The van der Waals surface area contributed by atoms with E-state index in [1.807, 2.05) is 31.3 Å². The van der Waals surface area contributed by atoms with Crippen LogP contribution in [0.1, 0.15) is 41.6 Å². The van der Waals surface area contributed by atoms with E-state index in [2.05, 4.69) is 0 Å². The van der Waals surface area contributed by atoms with Crippen molar-refractivity contribution in [3.05, 3.63) is 53.6 Å². The van der Waals surface area contributed by atoms with Crippen molar-refractivity contribution in [3.63, 3.8) is 0 Å². The Bertz CT molecular complexity index is 766. The lowest BCUT2D eigenvalue weighted by atomic mass is 10.0. The van der Waals surface area contributed by atoms with E-state index in [9.17, 15) is 15.0 Å². The fourth-order valence-electron chi connectivity index (χ4n) is 3.45. The first-order chi connectivity index (χ1) is 13.1. The summed E-state index contributed by atoms with van der Waals surface area (Å²) in [6.45, 7) is 1.37. The minimum atomic E-state index is -0.215. The van der Waals surface area contributed by atoms with Crippen LogP contribution < -0.4 is 0 Å². The lowest BCUT2D eigenvalue weighted by molar-refractivity contribution is 0.0763. The van der Waals surface area contributed by atoms with E-state index < -0.39 is 0 Å². The highest BCUT2D eigenvalue weighted by atomic mass is 16.5. The van der Waals surface area contributed by atoms with E-state index in [1.54, 1.807) is 23.1 Å². The molecule has 1 aliphatic rings. The Kier molecular flexibility index (Phi) is 6.48. The second-order valence-electron chi connectivity index (χ2n) is 7.08. The van der Waals surface area contributed by atoms with Gasteiger partial charge in [0, 0.05) is 31.3 Å². The number of carbonyl (C=O) groups is 1. The smallest absolute Gasteiger partial charge is 0.253 e. The van der Waals surface area contributed by atoms with Gasteiger partial charge in [-0.1, -0.05) is 18.2 Å². The second kappa shape index (κ2) is 9.02. The number of rotatable bonds is 7. The lowest BCUT2D eigenvalue weighted by Gasteiger charge is -2.18. The number of aliphatic hydroxyl groups excluding tert-OH is 1. The molecular formula is C22H27NO4. The molecule has 1 saturated heterocycles. The third-order valence-electron chi connectivity index (χ3n) is 5.11. The number of aromatic hydroxyl groups is 1. The monoisotopic (exact) mass is 369 g/mol. The van der Waals surface area contributed by atoms with Crippen LogP contribution >= 0.6 is 0 Å². The summed E-state index contributed by atoms with van der Waals surface area (Å²) >= 11 is 0. The molecular weight excluding hydrogens is 342 g/mol. The number of nitrogens with zero attached hydrogens (tertiary/aromatic N) is 1. The van der Waals surface area contributed by atoms with Gasteiger partial charge < -0.3 is 19.8 Å². The minimum absolute atomic E-state index is 0.00986. The third-order valence-corrected chi connectivity index (χ3v) is 5.11. The van der Waals surface area contributed by atoms with Crippen molar-refractivity contribution in [1.29, 1.82) is 0 Å². The van der Waals surface area contributed by atoms with E-state index in [4.69, 9.17) is 4.74 Å². The molecule has 0 aliphatic carbocycles. The first kappa shape index (κ1) is 19.4. The quantitative estimate of drug-likeness (QED) is 0.783. The van der Waals surface area contributed by atoms with Gasteiger partial charge in [0.2, 0.25) is 0 Å². The fourth-order valence-corrected chi connectivity index (χ4v) is 3.45. The maximum atomic E-state index is 12.6. The summed E-state index contributed by atoms with van der Waals surface area (Å²) in [7, 11) is 1.83. The number of hydrogen-bond acceptors (Lipinski definition) is 4. The zero-order valence-electron chi connectivity index (χ0n) is 15.7. The highest BCUT2D eigenvalue weighted by Crippen LogP contribution is 2.26. The summed E-state index contributed by atoms with van der Waals surface area (Å²) in [5.74, 6) is 0.0910. The first-order valence-corrected chi connectivity index (χ1v) is 9.48. The molecule has 2 N–H and O–H groups in total. The van der Waals surface area contributed by atoms with Crippen molar-refractivity contribution in [1.82, 2.24) is 4.90 Å². The molecule has 0 aromatic heterocycles. The summed E-state index contributed by atoms with van der Waals surface area (Å²) in [6, 6.07) is 12.5. The van der Waals surface area contributed by atoms with Crippen molar-refractivity contribution < 1.29 is 19.7 Å². The predicted molar refractivity (Wildman–Crippen MR) is 105 cm³/mol. The van der Waals surface area contributed by atoms with Gasteiger partial charge in [-0.2, -0.15) is 0 Å². The largest absolute Gasteiger partial charge is 0.508 e. The zero-order chi connectivity index (χ0) is 19.2. The first-order valence-electron chi connectivity index (χ1n) is 9.48. The van der Waals surface area contributed by atoms with Gasteiger partial charge in [-0.05, 0) is 61.1 Å². The van der Waals surface area contributed by atoms with E-state index >= 15 is 0 Å². The van der Waals surface area contributed by atoms with E-state index in [-0.39, 0.29) is 18.3 Å². The zero-order valence-corrected chi connectivity index (χ0v) is 15.7. The number of carbonyl (C=O) groups excluding carboxylic acids is 1. The van der Waals surface area contributed by atoms with Crippen LogP contribution in [-0.2, 0) is 11.3 Å². The molecule has 0 spiro atoms. The SMILES string of the molecule is CN(CCC[C@@H]1CCCO1)C(=O)c1ccc(-c2ccc(O)c(CO)c2)cc1. The number of amides is 1. The average Bonchev–Trinajstić information content (AvgIpc) is 3.21. The summed E-state index contributed by atoms with van der Waals surface area (Å²) < 4.78 is 5.62. The maximum Gasteiger partial charge on any atom is 0.253 e. The molecule has 1 heterocycles. The molecule has 0 saturated carbocycles. The number of phenols is 1. The van der Waals surface area contributed by atoms with Crippen LogP contribution in [0, 0.1) is 0 Å². The van der Waals surface area contributed by atoms with Crippen LogP contribution in [0.25, 0.3) is 11.1 Å². The third kappa shape index (κ3) is 4.87. The minimum Gasteiger partial charge on any atom is -0.508 e. The Labute approximate surface area is 160 Å². The van der Waals surface area contributed by atoms with Gasteiger partial charge in [-0.15, -0.1) is 0 Å². The number of hydrogen-bond donors (Lipinski definition) is 2. The van der Waals surface area contributed by atoms with Gasteiger partial charge in [0.1, 0.15) is 5.75 Å². The Morgan fingerprint density at radius 2 is 1.93 bits per heavy atom. The van der Waals surface area contributed by atoms with Crippen LogP contribution in [0.4, 0.5) is 0 Å². The van der Waals surface area contributed by atoms with Crippen LogP contribution in [0.2, 0.25) is 0 Å². The van der Waals surface area contributed by atoms with E-state index in [0.717, 1.165) is 50.0 Å². The number of ether oxygens (including phenoxy) is 1. The molecule has 5 heteroatoms. The Hall–Kier alpha value is -2.37. The normalized spacial score (nSPS) is 16.4. The van der Waals surface area contributed by atoms with Gasteiger partial charge in [-0.3, -0.25) is 4.79 Å². The molecule has 0 radical (unpaired) electrons. The van der Waals surface area contributed by atoms with Crippen LogP contribution in [0.15, 0.2) is 42.5 Å². The second-order valence-corrected chi connectivity index (χ2v) is 7.08. The molecule has 2 aromatic carbocycles.